The molecule has 0 fully saturated rings. The van der Waals surface area contributed by atoms with Crippen molar-refractivity contribution in [3.63, 3.8) is 0 Å². The number of Topliss-reactive ketones (excluding diaryl/α,β-unsaturated/α-hetero) is 1. The number of carbonyl (C=O) groups excluding carboxylic acids is 1. The molecule has 0 amide bonds. The minimum absolute atomic E-state index is 0.167. The monoisotopic (exact) mass is 152 g/mol. The fraction of sp³-hybridized carbons (Fsp3) is 0.222. The second kappa shape index (κ2) is 5.47. The highest BCUT2D eigenvalue weighted by molar-refractivity contribution is 5.72. The predicted octanol–water partition coefficient (Wildman–Crippen LogP) is 1.99. The number of carbonyl (C=O) groups is 1. The van der Waals surface area contributed by atoms with Crippen LogP contribution in [0.4, 0.5) is 0 Å². The number of ketones is 1. The highest BCUT2D eigenvalue weighted by Crippen LogP contribution is 2.02. The SMILES string of the molecule is CC(C)=O.Oc1ccccc1. The van der Waals surface area contributed by atoms with Gasteiger partial charge in [-0.25, -0.2) is 0 Å². The molecule has 0 unspecified atom stereocenters. The topological polar surface area (TPSA) is 37.3 Å². The molecule has 2 nitrogen and oxygen atoms in total. The van der Waals surface area contributed by atoms with Crippen LogP contribution in [0.5, 0.6) is 5.75 Å². The highest BCUT2D eigenvalue weighted by atomic mass is 16.3. The van der Waals surface area contributed by atoms with Crippen LogP contribution in [0.1, 0.15) is 13.8 Å². The van der Waals surface area contributed by atoms with E-state index in [0.29, 0.717) is 5.75 Å². The number of phenolic OH excluding ortho intramolecular Hbond substituents is 1. The average Bonchev–Trinajstić information content (AvgIpc) is 1.87. The first-order valence-electron chi connectivity index (χ1n) is 3.34. The van der Waals surface area contributed by atoms with Crippen LogP contribution in [0, 0.1) is 0 Å². The Balaban J connectivity index is 0.000000218. The molecule has 0 aliphatic rings. The average molecular weight is 152 g/mol. The summed E-state index contributed by atoms with van der Waals surface area (Å²) in [5, 5.41) is 8.63. The summed E-state index contributed by atoms with van der Waals surface area (Å²) in [4.78, 5) is 9.44. The van der Waals surface area contributed by atoms with Gasteiger partial charge in [-0.15, -0.1) is 0 Å². The summed E-state index contributed by atoms with van der Waals surface area (Å²) < 4.78 is 0. The van der Waals surface area contributed by atoms with Crippen molar-refractivity contribution in [2.24, 2.45) is 0 Å². The number of para-hydroxylation sites is 1. The van der Waals surface area contributed by atoms with Crippen molar-refractivity contribution < 1.29 is 9.90 Å². The van der Waals surface area contributed by atoms with Gasteiger partial charge in [0.25, 0.3) is 0 Å². The summed E-state index contributed by atoms with van der Waals surface area (Å²) in [5.74, 6) is 0.488. The van der Waals surface area contributed by atoms with E-state index in [4.69, 9.17) is 5.11 Å². The molecule has 0 saturated carbocycles. The van der Waals surface area contributed by atoms with Gasteiger partial charge in [-0.3, -0.25) is 0 Å². The van der Waals surface area contributed by atoms with Gasteiger partial charge in [0.1, 0.15) is 11.5 Å². The molecule has 0 aromatic heterocycles. The quantitative estimate of drug-likeness (QED) is 0.617. The van der Waals surface area contributed by atoms with Gasteiger partial charge in [0, 0.05) is 0 Å². The van der Waals surface area contributed by atoms with E-state index in [9.17, 15) is 4.79 Å². The Kier molecular flexibility index (Phi) is 4.82. The third-order valence-corrected chi connectivity index (χ3v) is 0.756. The lowest BCUT2D eigenvalue weighted by Gasteiger charge is -1.82. The summed E-state index contributed by atoms with van der Waals surface area (Å²) in [5.41, 5.74) is 0. The van der Waals surface area contributed by atoms with Crippen molar-refractivity contribution in [1.29, 1.82) is 0 Å². The largest absolute Gasteiger partial charge is 0.508 e. The van der Waals surface area contributed by atoms with Crippen molar-refractivity contribution >= 4 is 5.78 Å². The van der Waals surface area contributed by atoms with Crippen molar-refractivity contribution in [3.05, 3.63) is 30.3 Å². The fourth-order valence-electron chi connectivity index (χ4n) is 0.428. The van der Waals surface area contributed by atoms with E-state index < -0.39 is 0 Å². The third kappa shape index (κ3) is 8.69. The summed E-state index contributed by atoms with van der Waals surface area (Å²) in [7, 11) is 0. The first-order chi connectivity index (χ1) is 5.13. The lowest BCUT2D eigenvalue weighted by atomic mass is 10.3. The van der Waals surface area contributed by atoms with Crippen LogP contribution < -0.4 is 0 Å². The second-order valence-corrected chi connectivity index (χ2v) is 2.24. The number of hydrogen-bond donors (Lipinski definition) is 1. The van der Waals surface area contributed by atoms with Crippen LogP contribution in [0.3, 0.4) is 0 Å². The summed E-state index contributed by atoms with van der Waals surface area (Å²) in [6.45, 7) is 3.06. The molecule has 0 saturated heterocycles. The molecule has 1 aromatic carbocycles. The smallest absolute Gasteiger partial charge is 0.126 e. The molecule has 60 valence electrons. The number of phenols is 1. The highest BCUT2D eigenvalue weighted by Gasteiger charge is 1.74. The third-order valence-electron chi connectivity index (χ3n) is 0.756. The van der Waals surface area contributed by atoms with Crippen molar-refractivity contribution in [2.75, 3.05) is 0 Å². The maximum atomic E-state index is 9.44. The van der Waals surface area contributed by atoms with Crippen LogP contribution in [-0.4, -0.2) is 10.9 Å². The van der Waals surface area contributed by atoms with Crippen molar-refractivity contribution in [2.45, 2.75) is 13.8 Å². The van der Waals surface area contributed by atoms with Gasteiger partial charge in [0.15, 0.2) is 0 Å². The Morgan fingerprint density at radius 3 is 1.73 bits per heavy atom. The molecule has 1 N–H and O–H groups in total. The molecule has 0 aliphatic carbocycles. The molecule has 0 aliphatic heterocycles. The molecular weight excluding hydrogens is 140 g/mol. The fourth-order valence-corrected chi connectivity index (χ4v) is 0.428. The van der Waals surface area contributed by atoms with E-state index in [1.807, 2.05) is 6.07 Å². The Morgan fingerprint density at radius 1 is 1.18 bits per heavy atom. The van der Waals surface area contributed by atoms with Crippen LogP contribution in [0.25, 0.3) is 0 Å². The molecule has 2 heteroatoms. The van der Waals surface area contributed by atoms with E-state index in [-0.39, 0.29) is 5.78 Å². The van der Waals surface area contributed by atoms with Gasteiger partial charge in [-0.1, -0.05) is 18.2 Å². The Morgan fingerprint density at radius 2 is 1.55 bits per heavy atom. The van der Waals surface area contributed by atoms with E-state index in [0.717, 1.165) is 0 Å². The maximum absolute atomic E-state index is 9.44. The lowest BCUT2D eigenvalue weighted by Crippen LogP contribution is -1.69. The van der Waals surface area contributed by atoms with Gasteiger partial charge >= 0.3 is 0 Å². The molecular formula is C9H12O2. The zero-order valence-corrected chi connectivity index (χ0v) is 6.74. The van der Waals surface area contributed by atoms with E-state index in [1.54, 1.807) is 24.3 Å². The van der Waals surface area contributed by atoms with Crippen molar-refractivity contribution in [1.82, 2.24) is 0 Å². The zero-order chi connectivity index (χ0) is 8.69. The molecule has 1 aromatic rings. The van der Waals surface area contributed by atoms with E-state index >= 15 is 0 Å². The van der Waals surface area contributed by atoms with Gasteiger partial charge in [-0.2, -0.15) is 0 Å². The Labute approximate surface area is 66.5 Å². The normalized spacial score (nSPS) is 7.82. The molecule has 11 heavy (non-hydrogen) atoms. The van der Waals surface area contributed by atoms with Gasteiger partial charge in [-0.05, 0) is 26.0 Å². The van der Waals surface area contributed by atoms with Crippen LogP contribution in [-0.2, 0) is 4.79 Å². The number of hydrogen-bond acceptors (Lipinski definition) is 2. The van der Waals surface area contributed by atoms with Crippen LogP contribution in [0.15, 0.2) is 30.3 Å². The zero-order valence-electron chi connectivity index (χ0n) is 6.74. The standard InChI is InChI=1S/C6H6O.C3H6O/c7-6-4-2-1-3-5-6;1-3(2)4/h1-5,7H;1-2H3. The molecule has 0 atom stereocenters. The number of rotatable bonds is 0. The summed E-state index contributed by atoms with van der Waals surface area (Å²) >= 11 is 0. The van der Waals surface area contributed by atoms with E-state index in [2.05, 4.69) is 0 Å². The van der Waals surface area contributed by atoms with Gasteiger partial charge in [0.2, 0.25) is 0 Å². The number of aromatic hydroxyl groups is 1. The van der Waals surface area contributed by atoms with Crippen LogP contribution in [0.2, 0.25) is 0 Å². The molecule has 0 heterocycles. The van der Waals surface area contributed by atoms with Crippen molar-refractivity contribution in [3.8, 4) is 5.75 Å². The van der Waals surface area contributed by atoms with Gasteiger partial charge in [0.05, 0.1) is 0 Å². The first-order valence-corrected chi connectivity index (χ1v) is 3.34. The summed E-state index contributed by atoms with van der Waals surface area (Å²) in [6, 6.07) is 8.71. The Hall–Kier alpha value is -1.31. The van der Waals surface area contributed by atoms with Crippen LogP contribution >= 0.6 is 0 Å². The van der Waals surface area contributed by atoms with Gasteiger partial charge < -0.3 is 9.90 Å². The predicted molar refractivity (Wildman–Crippen MR) is 44.5 cm³/mol. The van der Waals surface area contributed by atoms with E-state index in [1.165, 1.54) is 13.8 Å². The second-order valence-electron chi connectivity index (χ2n) is 2.24. The molecule has 0 radical (unpaired) electrons. The maximum Gasteiger partial charge on any atom is 0.126 e. The number of benzene rings is 1. The first kappa shape index (κ1) is 9.69. The minimum atomic E-state index is 0.167. The Bertz CT molecular complexity index is 200. The molecule has 0 bridgehead atoms. The minimum Gasteiger partial charge on any atom is -0.508 e. The lowest BCUT2D eigenvalue weighted by molar-refractivity contribution is -0.114. The summed E-state index contributed by atoms with van der Waals surface area (Å²) in [6.07, 6.45) is 0. The molecule has 0 spiro atoms. The molecule has 1 rings (SSSR count).